The van der Waals surface area contributed by atoms with Gasteiger partial charge >= 0.3 is 0 Å². The molecule has 5 rings (SSSR count). The van der Waals surface area contributed by atoms with Gasteiger partial charge < -0.3 is 14.4 Å². The predicted molar refractivity (Wildman–Crippen MR) is 144 cm³/mol. The summed E-state index contributed by atoms with van der Waals surface area (Å²) >= 11 is 0. The smallest absolute Gasteiger partial charge is 0.257 e. The number of carbonyl (C=O) groups excluding carboxylic acids is 1. The molecule has 0 fully saturated rings. The van der Waals surface area contributed by atoms with Crippen LogP contribution in [-0.2, 0) is 0 Å². The van der Waals surface area contributed by atoms with Gasteiger partial charge in [0.2, 0.25) is 0 Å². The second-order valence-electron chi connectivity index (χ2n) is 9.19. The summed E-state index contributed by atoms with van der Waals surface area (Å²) in [5, 5.41) is 6.64. The van der Waals surface area contributed by atoms with Gasteiger partial charge in [0.25, 0.3) is 5.91 Å². The molecule has 1 amide bonds. The molecule has 0 saturated carbocycles. The van der Waals surface area contributed by atoms with Crippen LogP contribution in [0, 0.1) is 13.8 Å². The average molecular weight is 495 g/mol. The molecule has 0 bridgehead atoms. The van der Waals surface area contributed by atoms with Crippen molar-refractivity contribution < 1.29 is 14.3 Å². The summed E-state index contributed by atoms with van der Waals surface area (Å²) in [6.45, 7) is 4.30. The largest absolute Gasteiger partial charge is 0.497 e. The summed E-state index contributed by atoms with van der Waals surface area (Å²) in [5.41, 5.74) is 3.92. The molecule has 0 aliphatic carbocycles. The first-order valence-corrected chi connectivity index (χ1v) is 12.3. The normalized spacial score (nSPS) is 12.0. The van der Waals surface area contributed by atoms with Gasteiger partial charge in [0.05, 0.1) is 24.1 Å². The van der Waals surface area contributed by atoms with Gasteiger partial charge in [-0.05, 0) is 43.0 Å². The molecule has 0 aliphatic rings. The van der Waals surface area contributed by atoms with E-state index in [1.807, 2.05) is 75.5 Å². The number of benzene rings is 3. The fraction of sp³-hybridized carbons (Fsp3) is 0.233. The molecule has 5 aromatic rings. The maximum atomic E-state index is 13.4. The van der Waals surface area contributed by atoms with Crippen molar-refractivity contribution in [1.82, 2.24) is 19.5 Å². The van der Waals surface area contributed by atoms with Crippen LogP contribution in [0.3, 0.4) is 0 Å². The molecular formula is C30H30N4O3. The van der Waals surface area contributed by atoms with E-state index in [4.69, 9.17) is 9.47 Å². The number of rotatable bonds is 8. The monoisotopic (exact) mass is 494 g/mol. The maximum Gasteiger partial charge on any atom is 0.257 e. The number of aromatic nitrogens is 3. The Labute approximate surface area is 216 Å². The van der Waals surface area contributed by atoms with E-state index >= 15 is 0 Å². The van der Waals surface area contributed by atoms with Gasteiger partial charge in [-0.15, -0.1) is 0 Å². The Hall–Kier alpha value is -4.39. The van der Waals surface area contributed by atoms with Crippen LogP contribution in [0.5, 0.6) is 11.5 Å². The quantitative estimate of drug-likeness (QED) is 0.273. The highest BCUT2D eigenvalue weighted by Gasteiger charge is 2.21. The molecule has 3 aromatic carbocycles. The number of hydrogen-bond donors (Lipinski definition) is 0. The summed E-state index contributed by atoms with van der Waals surface area (Å²) in [4.78, 5) is 19.5. The van der Waals surface area contributed by atoms with Gasteiger partial charge in [0, 0.05) is 37.7 Å². The Balaban J connectivity index is 1.39. The molecule has 2 heterocycles. The summed E-state index contributed by atoms with van der Waals surface area (Å²) < 4.78 is 13.7. The van der Waals surface area contributed by atoms with Crippen molar-refractivity contribution in [2.24, 2.45) is 0 Å². The fourth-order valence-electron chi connectivity index (χ4n) is 4.55. The van der Waals surface area contributed by atoms with Crippen molar-refractivity contribution in [3.05, 3.63) is 102 Å². The molecule has 1 unspecified atom stereocenters. The zero-order valence-corrected chi connectivity index (χ0v) is 21.5. The zero-order valence-electron chi connectivity index (χ0n) is 21.5. The number of carbonyl (C=O) groups is 1. The van der Waals surface area contributed by atoms with E-state index in [1.54, 1.807) is 22.7 Å². The minimum absolute atomic E-state index is 0.0984. The Kier molecular flexibility index (Phi) is 6.77. The lowest BCUT2D eigenvalue weighted by Gasteiger charge is -2.24. The first kappa shape index (κ1) is 24.3. The molecule has 37 heavy (non-hydrogen) atoms. The number of fused-ring (bicyclic) bond motifs is 2. The molecule has 0 aliphatic heterocycles. The standard InChI is InChI=1S/C30H30N4O3/c1-20-18-29-31-19-26(21(2)34(29)32-20)30(35)33(3)17-16-27(23-12-14-24(36-4)15-13-23)37-28-11-7-9-22-8-5-6-10-25(22)28/h5-15,18-19,27H,16-17H2,1-4H3. The number of ether oxygens (including phenoxy) is 2. The van der Waals surface area contributed by atoms with Gasteiger partial charge in [-0.3, -0.25) is 4.79 Å². The highest BCUT2D eigenvalue weighted by molar-refractivity contribution is 5.95. The third-order valence-electron chi connectivity index (χ3n) is 6.66. The van der Waals surface area contributed by atoms with E-state index in [1.165, 1.54) is 0 Å². The molecule has 0 N–H and O–H groups in total. The van der Waals surface area contributed by atoms with Crippen LogP contribution < -0.4 is 9.47 Å². The second kappa shape index (κ2) is 10.3. The van der Waals surface area contributed by atoms with E-state index in [2.05, 4.69) is 28.3 Å². The zero-order chi connectivity index (χ0) is 25.9. The highest BCUT2D eigenvalue weighted by Crippen LogP contribution is 2.32. The minimum Gasteiger partial charge on any atom is -0.497 e. The fourth-order valence-corrected chi connectivity index (χ4v) is 4.55. The molecule has 0 spiro atoms. The Bertz CT molecular complexity index is 1550. The second-order valence-corrected chi connectivity index (χ2v) is 9.19. The van der Waals surface area contributed by atoms with Crippen LogP contribution in [0.15, 0.2) is 79.0 Å². The van der Waals surface area contributed by atoms with Gasteiger partial charge in [-0.2, -0.15) is 5.10 Å². The molecule has 7 nitrogen and oxygen atoms in total. The van der Waals surface area contributed by atoms with Crippen molar-refractivity contribution in [3.8, 4) is 11.5 Å². The van der Waals surface area contributed by atoms with Crippen molar-refractivity contribution in [2.75, 3.05) is 20.7 Å². The lowest BCUT2D eigenvalue weighted by atomic mass is 10.0. The number of nitrogens with zero attached hydrogens (tertiary/aromatic N) is 4. The van der Waals surface area contributed by atoms with Gasteiger partial charge in [0.15, 0.2) is 5.65 Å². The SMILES string of the molecule is COc1ccc(C(CCN(C)C(=O)c2cnc3cc(C)nn3c2C)Oc2cccc3ccccc23)cc1. The Morgan fingerprint density at radius 3 is 2.57 bits per heavy atom. The number of hydrogen-bond acceptors (Lipinski definition) is 5. The van der Waals surface area contributed by atoms with E-state index in [-0.39, 0.29) is 12.0 Å². The lowest BCUT2D eigenvalue weighted by molar-refractivity contribution is 0.0769. The van der Waals surface area contributed by atoms with Crippen LogP contribution in [0.2, 0.25) is 0 Å². The molecule has 0 radical (unpaired) electrons. The lowest BCUT2D eigenvalue weighted by Crippen LogP contribution is -2.30. The Morgan fingerprint density at radius 2 is 1.78 bits per heavy atom. The van der Waals surface area contributed by atoms with Gasteiger partial charge in [-0.25, -0.2) is 9.50 Å². The molecular weight excluding hydrogens is 464 g/mol. The molecule has 1 atom stereocenters. The summed E-state index contributed by atoms with van der Waals surface area (Å²) in [5.74, 6) is 1.50. The number of aryl methyl sites for hydroxylation is 2. The first-order valence-electron chi connectivity index (χ1n) is 12.3. The van der Waals surface area contributed by atoms with E-state index < -0.39 is 0 Å². The molecule has 188 valence electrons. The van der Waals surface area contributed by atoms with Crippen LogP contribution in [0.4, 0.5) is 0 Å². The molecule has 0 saturated heterocycles. The minimum atomic E-state index is -0.262. The van der Waals surface area contributed by atoms with Gasteiger partial charge in [-0.1, -0.05) is 48.5 Å². The third kappa shape index (κ3) is 4.98. The van der Waals surface area contributed by atoms with Crippen molar-refractivity contribution >= 4 is 22.3 Å². The Morgan fingerprint density at radius 1 is 1.03 bits per heavy atom. The first-order chi connectivity index (χ1) is 17.9. The van der Waals surface area contributed by atoms with Crippen molar-refractivity contribution in [1.29, 1.82) is 0 Å². The van der Waals surface area contributed by atoms with Crippen LogP contribution in [0.25, 0.3) is 16.4 Å². The third-order valence-corrected chi connectivity index (χ3v) is 6.66. The summed E-state index contributed by atoms with van der Waals surface area (Å²) in [6.07, 6.45) is 1.98. The van der Waals surface area contributed by atoms with Crippen molar-refractivity contribution in [2.45, 2.75) is 26.4 Å². The maximum absolute atomic E-state index is 13.4. The van der Waals surface area contributed by atoms with Gasteiger partial charge in [0.1, 0.15) is 17.6 Å². The number of methoxy groups -OCH3 is 1. The van der Waals surface area contributed by atoms with Crippen LogP contribution in [-0.4, -0.2) is 46.1 Å². The summed E-state index contributed by atoms with van der Waals surface area (Å²) in [7, 11) is 3.46. The van der Waals surface area contributed by atoms with E-state index in [0.29, 0.717) is 18.5 Å². The summed E-state index contributed by atoms with van der Waals surface area (Å²) in [6, 6.07) is 24.0. The molecule has 2 aromatic heterocycles. The van der Waals surface area contributed by atoms with Crippen LogP contribution >= 0.6 is 0 Å². The highest BCUT2D eigenvalue weighted by atomic mass is 16.5. The predicted octanol–water partition coefficient (Wildman–Crippen LogP) is 5.79. The average Bonchev–Trinajstić information content (AvgIpc) is 3.32. The van der Waals surface area contributed by atoms with E-state index in [0.717, 1.165) is 44.9 Å². The topological polar surface area (TPSA) is 69.0 Å². The van der Waals surface area contributed by atoms with E-state index in [9.17, 15) is 4.79 Å². The number of amides is 1. The van der Waals surface area contributed by atoms with Crippen molar-refractivity contribution in [3.63, 3.8) is 0 Å². The molecule has 7 heteroatoms. The van der Waals surface area contributed by atoms with Crippen LogP contribution in [0.1, 0.15) is 39.8 Å².